The SMILES string of the molecule is O=C(O)C(NC(=O)C(F)(F)F)c1cccc([N+](=O)[O-])c1. The van der Waals surface area contributed by atoms with E-state index in [4.69, 9.17) is 5.11 Å². The molecule has 0 fully saturated rings. The molecular formula is C10H7F3N2O5. The van der Waals surface area contributed by atoms with Crippen LogP contribution in [0.1, 0.15) is 11.6 Å². The number of nitro benzene ring substituents is 1. The van der Waals surface area contributed by atoms with Crippen molar-refractivity contribution in [3.63, 3.8) is 0 Å². The summed E-state index contributed by atoms with van der Waals surface area (Å²) in [6, 6.07) is 1.93. The standard InChI is InChI=1S/C10H7F3N2O5/c11-10(12,13)9(18)14-7(8(16)17)5-2-1-3-6(4-5)15(19)20/h1-4,7H,(H,14,18)(H,16,17). The van der Waals surface area contributed by atoms with Crippen LogP contribution < -0.4 is 5.32 Å². The number of alkyl halides is 3. The van der Waals surface area contributed by atoms with Crippen LogP contribution in [-0.2, 0) is 9.59 Å². The third-order valence-corrected chi connectivity index (χ3v) is 2.19. The predicted octanol–water partition coefficient (Wildman–Crippen LogP) is 1.40. The lowest BCUT2D eigenvalue weighted by Crippen LogP contribution is -2.41. The molecule has 0 saturated heterocycles. The van der Waals surface area contributed by atoms with E-state index in [0.717, 1.165) is 24.3 Å². The van der Waals surface area contributed by atoms with E-state index in [-0.39, 0.29) is 5.56 Å². The van der Waals surface area contributed by atoms with Gasteiger partial charge in [-0.1, -0.05) is 12.1 Å². The van der Waals surface area contributed by atoms with E-state index in [1.54, 1.807) is 0 Å². The number of amides is 1. The summed E-state index contributed by atoms with van der Waals surface area (Å²) < 4.78 is 36.2. The zero-order valence-electron chi connectivity index (χ0n) is 9.55. The van der Waals surface area contributed by atoms with E-state index >= 15 is 0 Å². The number of hydrogen-bond donors (Lipinski definition) is 2. The largest absolute Gasteiger partial charge is 0.479 e. The highest BCUT2D eigenvalue weighted by molar-refractivity contribution is 5.87. The van der Waals surface area contributed by atoms with Crippen LogP contribution in [0.4, 0.5) is 18.9 Å². The van der Waals surface area contributed by atoms with Crippen LogP contribution in [0.3, 0.4) is 0 Å². The third kappa shape index (κ3) is 3.67. The molecular weight excluding hydrogens is 285 g/mol. The predicted molar refractivity (Wildman–Crippen MR) is 57.7 cm³/mol. The zero-order valence-corrected chi connectivity index (χ0v) is 9.55. The molecule has 0 bridgehead atoms. The molecule has 1 aromatic rings. The van der Waals surface area contributed by atoms with Crippen molar-refractivity contribution in [2.45, 2.75) is 12.2 Å². The van der Waals surface area contributed by atoms with Gasteiger partial charge >= 0.3 is 18.1 Å². The number of non-ortho nitro benzene ring substituents is 1. The first-order valence-electron chi connectivity index (χ1n) is 4.97. The van der Waals surface area contributed by atoms with Gasteiger partial charge in [-0.05, 0) is 5.56 Å². The molecule has 7 nitrogen and oxygen atoms in total. The number of nitrogens with one attached hydrogen (secondary N) is 1. The normalized spacial score (nSPS) is 12.6. The minimum atomic E-state index is -5.26. The van der Waals surface area contributed by atoms with Crippen molar-refractivity contribution < 1.29 is 32.8 Å². The Morgan fingerprint density at radius 1 is 1.35 bits per heavy atom. The zero-order chi connectivity index (χ0) is 15.5. The lowest BCUT2D eigenvalue weighted by molar-refractivity contribution is -0.384. The van der Waals surface area contributed by atoms with Crippen molar-refractivity contribution in [1.82, 2.24) is 5.32 Å². The molecule has 1 aromatic carbocycles. The van der Waals surface area contributed by atoms with Gasteiger partial charge in [0.1, 0.15) is 0 Å². The maximum atomic E-state index is 12.1. The summed E-state index contributed by atoms with van der Waals surface area (Å²) in [7, 11) is 0. The first kappa shape index (κ1) is 15.4. The van der Waals surface area contributed by atoms with Crippen molar-refractivity contribution >= 4 is 17.6 Å². The molecule has 1 atom stereocenters. The number of benzene rings is 1. The van der Waals surface area contributed by atoms with Crippen LogP contribution in [0.15, 0.2) is 24.3 Å². The minimum Gasteiger partial charge on any atom is -0.479 e. The quantitative estimate of drug-likeness (QED) is 0.644. The molecule has 0 radical (unpaired) electrons. The van der Waals surface area contributed by atoms with Gasteiger partial charge in [0.05, 0.1) is 4.92 Å². The van der Waals surface area contributed by atoms with Gasteiger partial charge in [-0.2, -0.15) is 13.2 Å². The summed E-state index contributed by atoms with van der Waals surface area (Å²) in [4.78, 5) is 31.3. The Morgan fingerprint density at radius 2 is 1.95 bits per heavy atom. The van der Waals surface area contributed by atoms with Gasteiger partial charge in [-0.3, -0.25) is 14.9 Å². The molecule has 1 unspecified atom stereocenters. The number of carboxylic acid groups (broad SMARTS) is 1. The average molecular weight is 292 g/mol. The molecule has 10 heteroatoms. The van der Waals surface area contributed by atoms with E-state index in [1.807, 2.05) is 0 Å². The Balaban J connectivity index is 3.09. The van der Waals surface area contributed by atoms with Gasteiger partial charge in [0.25, 0.3) is 5.69 Å². The van der Waals surface area contributed by atoms with Crippen LogP contribution in [-0.4, -0.2) is 28.1 Å². The second-order valence-corrected chi connectivity index (χ2v) is 3.59. The highest BCUT2D eigenvalue weighted by atomic mass is 19.4. The summed E-state index contributed by atoms with van der Waals surface area (Å²) in [6.07, 6.45) is -5.26. The summed E-state index contributed by atoms with van der Waals surface area (Å²) in [6.45, 7) is 0. The first-order chi connectivity index (χ1) is 9.12. The molecule has 0 heterocycles. The Labute approximate surface area is 109 Å². The smallest absolute Gasteiger partial charge is 0.471 e. The number of rotatable bonds is 4. The first-order valence-corrected chi connectivity index (χ1v) is 4.97. The van der Waals surface area contributed by atoms with E-state index in [0.29, 0.717) is 0 Å². The number of carbonyl (C=O) groups is 2. The maximum absolute atomic E-state index is 12.1. The monoisotopic (exact) mass is 292 g/mol. The number of hydrogen-bond acceptors (Lipinski definition) is 4. The Bertz CT molecular complexity index is 558. The number of halogens is 3. The van der Waals surface area contributed by atoms with E-state index in [2.05, 4.69) is 0 Å². The summed E-state index contributed by atoms with van der Waals surface area (Å²) in [5, 5.41) is 20.6. The van der Waals surface area contributed by atoms with Gasteiger partial charge in [0.15, 0.2) is 6.04 Å². The topological polar surface area (TPSA) is 110 Å². The highest BCUT2D eigenvalue weighted by Crippen LogP contribution is 2.22. The molecule has 0 aliphatic heterocycles. The second kappa shape index (κ2) is 5.55. The summed E-state index contributed by atoms with van der Waals surface area (Å²) in [5.41, 5.74) is -0.848. The Morgan fingerprint density at radius 3 is 2.40 bits per heavy atom. The highest BCUT2D eigenvalue weighted by Gasteiger charge is 2.41. The second-order valence-electron chi connectivity index (χ2n) is 3.59. The van der Waals surface area contributed by atoms with Crippen molar-refractivity contribution in [1.29, 1.82) is 0 Å². The number of aliphatic carboxylic acids is 1. The van der Waals surface area contributed by atoms with Crippen molar-refractivity contribution in [3.05, 3.63) is 39.9 Å². The molecule has 0 spiro atoms. The molecule has 2 N–H and O–H groups in total. The molecule has 0 aliphatic rings. The molecule has 0 saturated carbocycles. The minimum absolute atomic E-state index is 0.343. The maximum Gasteiger partial charge on any atom is 0.471 e. The van der Waals surface area contributed by atoms with Crippen LogP contribution in [0.5, 0.6) is 0 Å². The van der Waals surface area contributed by atoms with Gasteiger partial charge in [0, 0.05) is 12.1 Å². The van der Waals surface area contributed by atoms with Crippen LogP contribution in [0, 0.1) is 10.1 Å². The number of nitro groups is 1. The van der Waals surface area contributed by atoms with E-state index in [1.165, 1.54) is 5.32 Å². The third-order valence-electron chi connectivity index (χ3n) is 2.19. The number of carbonyl (C=O) groups excluding carboxylic acids is 1. The molecule has 0 aliphatic carbocycles. The fourth-order valence-corrected chi connectivity index (χ4v) is 1.32. The van der Waals surface area contributed by atoms with E-state index < -0.39 is 34.7 Å². The van der Waals surface area contributed by atoms with Crippen molar-refractivity contribution in [2.24, 2.45) is 0 Å². The fraction of sp³-hybridized carbons (Fsp3) is 0.200. The molecule has 1 rings (SSSR count). The average Bonchev–Trinajstić information content (AvgIpc) is 2.34. The molecule has 108 valence electrons. The molecule has 1 amide bonds. The van der Waals surface area contributed by atoms with Crippen LogP contribution in [0.2, 0.25) is 0 Å². The van der Waals surface area contributed by atoms with Crippen molar-refractivity contribution in [3.8, 4) is 0 Å². The van der Waals surface area contributed by atoms with Crippen LogP contribution in [0.25, 0.3) is 0 Å². The van der Waals surface area contributed by atoms with Crippen molar-refractivity contribution in [2.75, 3.05) is 0 Å². The number of nitrogens with zero attached hydrogens (tertiary/aromatic N) is 1. The van der Waals surface area contributed by atoms with E-state index in [9.17, 15) is 32.9 Å². The molecule has 0 aromatic heterocycles. The Hall–Kier alpha value is -2.65. The Kier molecular flexibility index (Phi) is 4.27. The summed E-state index contributed by atoms with van der Waals surface area (Å²) >= 11 is 0. The van der Waals surface area contributed by atoms with Crippen LogP contribution >= 0.6 is 0 Å². The summed E-state index contributed by atoms with van der Waals surface area (Å²) in [5.74, 6) is -4.22. The van der Waals surface area contributed by atoms with Gasteiger partial charge in [-0.15, -0.1) is 0 Å². The number of carboxylic acids is 1. The van der Waals surface area contributed by atoms with Gasteiger partial charge in [-0.25, -0.2) is 4.79 Å². The molecule has 20 heavy (non-hydrogen) atoms. The lowest BCUT2D eigenvalue weighted by atomic mass is 10.1. The lowest BCUT2D eigenvalue weighted by Gasteiger charge is -2.15. The van der Waals surface area contributed by atoms with Gasteiger partial charge in [0.2, 0.25) is 0 Å². The fourth-order valence-electron chi connectivity index (χ4n) is 1.32. The van der Waals surface area contributed by atoms with Gasteiger partial charge < -0.3 is 10.4 Å².